The normalized spacial score (nSPS) is 11.7. The average Bonchev–Trinajstić information content (AvgIpc) is 3.25. The van der Waals surface area contributed by atoms with Crippen molar-refractivity contribution < 1.29 is 0 Å². The van der Waals surface area contributed by atoms with E-state index in [2.05, 4.69) is 232 Å². The highest BCUT2D eigenvalue weighted by molar-refractivity contribution is 7.95. The first-order valence-corrected chi connectivity index (χ1v) is 23.3. The van der Waals surface area contributed by atoms with Gasteiger partial charge in [-0.15, -0.1) is 0 Å². The lowest BCUT2D eigenvalue weighted by Crippen LogP contribution is -2.32. The molecule has 0 nitrogen and oxygen atoms in total. The van der Waals surface area contributed by atoms with Crippen molar-refractivity contribution in [1.29, 1.82) is 0 Å². The number of rotatable bonds is 12. The molecule has 2 heteroatoms. The second kappa shape index (κ2) is 16.6. The predicted molar refractivity (Wildman–Crippen MR) is 243 cm³/mol. The van der Waals surface area contributed by atoms with Crippen molar-refractivity contribution in [2.45, 2.75) is 32.6 Å². The highest BCUT2D eigenvalue weighted by Gasteiger charge is 2.46. The molecule has 0 bridgehead atoms. The zero-order valence-corrected chi connectivity index (χ0v) is 33.6. The Balaban J connectivity index is 1.08. The number of hydrogen-bond acceptors (Lipinski definition) is 0. The molecule has 0 saturated heterocycles. The Labute approximate surface area is 329 Å². The van der Waals surface area contributed by atoms with Crippen LogP contribution in [0.4, 0.5) is 0 Å². The lowest BCUT2D eigenvalue weighted by molar-refractivity contribution is 1.17. The lowest BCUT2D eigenvalue weighted by atomic mass is 10.0. The van der Waals surface area contributed by atoms with Gasteiger partial charge in [0.05, 0.1) is 12.3 Å². The Hall–Kier alpha value is -5.38. The first-order chi connectivity index (χ1) is 27.0. The Morgan fingerprint density at radius 2 is 0.491 bits per heavy atom. The molecule has 0 aliphatic heterocycles. The molecule has 0 fully saturated rings. The molecule has 0 amide bonds. The molecule has 8 rings (SSSR count). The lowest BCUT2D eigenvalue weighted by Gasteiger charge is -2.28. The third-order valence-electron chi connectivity index (χ3n) is 11.0. The van der Waals surface area contributed by atoms with E-state index < -0.39 is 14.5 Å². The summed E-state index contributed by atoms with van der Waals surface area (Å²) in [7, 11) is -3.93. The van der Waals surface area contributed by atoms with Gasteiger partial charge in [-0.2, -0.15) is 0 Å². The van der Waals surface area contributed by atoms with Gasteiger partial charge in [0.25, 0.3) is 0 Å². The minimum absolute atomic E-state index is 0.909. The van der Waals surface area contributed by atoms with Crippen LogP contribution in [0.15, 0.2) is 218 Å². The Morgan fingerprint density at radius 1 is 0.255 bits per heavy atom. The second-order valence-electron chi connectivity index (χ2n) is 14.8. The van der Waals surface area contributed by atoms with Crippen molar-refractivity contribution in [3.05, 3.63) is 252 Å². The molecule has 0 aliphatic carbocycles. The minimum Gasteiger partial charge on any atom is -0.0620 e. The molecule has 0 N–H and O–H groups in total. The molecule has 8 aromatic rings. The van der Waals surface area contributed by atoms with Crippen molar-refractivity contribution in [3.8, 4) is 0 Å². The molecular weight excluding hydrogens is 699 g/mol. The Bertz CT molecular complexity index is 2150. The van der Waals surface area contributed by atoms with Crippen LogP contribution in [-0.4, -0.2) is 0 Å². The quantitative estimate of drug-likeness (QED) is 0.109. The van der Waals surface area contributed by atoms with Gasteiger partial charge in [-0.05, 0) is 115 Å². The predicted octanol–water partition coefficient (Wildman–Crippen LogP) is 10.9. The summed E-state index contributed by atoms with van der Waals surface area (Å²) in [5.74, 6) is 0. The van der Waals surface area contributed by atoms with Crippen LogP contribution in [0.3, 0.4) is 0 Å². The summed E-state index contributed by atoms with van der Waals surface area (Å²) in [6.07, 6.45) is 2.87. The van der Waals surface area contributed by atoms with Gasteiger partial charge in [0.2, 0.25) is 0 Å². The largest absolute Gasteiger partial charge is 0.116 e. The molecule has 0 aromatic heterocycles. The van der Waals surface area contributed by atoms with Crippen molar-refractivity contribution >= 4 is 46.4 Å². The summed E-state index contributed by atoms with van der Waals surface area (Å²) in [6.45, 7) is 4.35. The molecule has 0 saturated carbocycles. The van der Waals surface area contributed by atoms with Gasteiger partial charge in [0.15, 0.2) is 0 Å². The van der Waals surface area contributed by atoms with E-state index in [4.69, 9.17) is 0 Å². The molecule has 0 spiro atoms. The standard InChI is InChI=1S/C53H48P2/c1-42-23-35-52(36-24-42)54(48-15-7-3-8-16-48,49-17-9-4-10-18-49)40-46-31-27-44(28-32-46)39-45-29-33-47(34-30-45)41-55(50-19-11-5-12-20-50,51-21-13-6-14-22-51)53-37-25-43(2)26-38-53/h3-38H,39-41H2,1-2H3/q+2. The Kier molecular flexibility index (Phi) is 11.0. The van der Waals surface area contributed by atoms with Crippen LogP contribution in [0.2, 0.25) is 0 Å². The van der Waals surface area contributed by atoms with Gasteiger partial charge in [0.1, 0.15) is 46.4 Å². The molecule has 0 aliphatic rings. The van der Waals surface area contributed by atoms with Crippen LogP contribution < -0.4 is 31.8 Å². The van der Waals surface area contributed by atoms with Gasteiger partial charge in [-0.3, -0.25) is 0 Å². The maximum atomic E-state index is 2.37. The highest BCUT2D eigenvalue weighted by Crippen LogP contribution is 2.59. The van der Waals surface area contributed by atoms with Crippen LogP contribution in [0.5, 0.6) is 0 Å². The third kappa shape index (κ3) is 7.77. The van der Waals surface area contributed by atoms with E-state index in [0.29, 0.717) is 0 Å². The summed E-state index contributed by atoms with van der Waals surface area (Å²) in [5.41, 5.74) is 8.01. The van der Waals surface area contributed by atoms with Gasteiger partial charge >= 0.3 is 0 Å². The highest BCUT2D eigenvalue weighted by atomic mass is 31.2. The van der Waals surface area contributed by atoms with Crippen LogP contribution in [-0.2, 0) is 18.7 Å². The van der Waals surface area contributed by atoms with Crippen molar-refractivity contribution in [1.82, 2.24) is 0 Å². The number of aryl methyl sites for hydroxylation is 2. The van der Waals surface area contributed by atoms with E-state index in [1.165, 1.54) is 65.2 Å². The topological polar surface area (TPSA) is 0 Å². The SMILES string of the molecule is Cc1ccc([P+](Cc2ccc(Cc3ccc(C[P+](c4ccccc4)(c4ccccc4)c4ccc(C)cc4)cc3)cc2)(c2ccccc2)c2ccccc2)cc1. The van der Waals surface area contributed by atoms with Crippen LogP contribution >= 0.6 is 14.5 Å². The fraction of sp³-hybridized carbons (Fsp3) is 0.0943. The van der Waals surface area contributed by atoms with Gasteiger partial charge in [-0.1, -0.05) is 157 Å². The number of benzene rings is 8. The van der Waals surface area contributed by atoms with Crippen LogP contribution in [0, 0.1) is 13.8 Å². The summed E-state index contributed by atoms with van der Waals surface area (Å²) in [5, 5.41) is 8.52. The van der Waals surface area contributed by atoms with Crippen molar-refractivity contribution in [2.24, 2.45) is 0 Å². The summed E-state index contributed by atoms with van der Waals surface area (Å²) >= 11 is 0. The first-order valence-electron chi connectivity index (χ1n) is 19.3. The van der Waals surface area contributed by atoms with E-state index in [1.54, 1.807) is 0 Å². The first kappa shape index (κ1) is 36.6. The van der Waals surface area contributed by atoms with Crippen LogP contribution in [0.25, 0.3) is 0 Å². The van der Waals surface area contributed by atoms with Crippen LogP contribution in [0.1, 0.15) is 33.4 Å². The maximum absolute atomic E-state index is 2.37. The zero-order chi connectivity index (χ0) is 37.5. The molecule has 268 valence electrons. The molecule has 0 radical (unpaired) electrons. The molecule has 8 aromatic carbocycles. The Morgan fingerprint density at radius 3 is 0.764 bits per heavy atom. The van der Waals surface area contributed by atoms with Gasteiger partial charge < -0.3 is 0 Å². The molecule has 55 heavy (non-hydrogen) atoms. The maximum Gasteiger partial charge on any atom is 0.116 e. The summed E-state index contributed by atoms with van der Waals surface area (Å²) < 4.78 is 0. The average molecular weight is 747 g/mol. The fourth-order valence-corrected chi connectivity index (χ4v) is 16.5. The van der Waals surface area contributed by atoms with Gasteiger partial charge in [-0.25, -0.2) is 0 Å². The minimum atomic E-state index is -1.97. The smallest absolute Gasteiger partial charge is 0.0620 e. The molecule has 0 heterocycles. The van der Waals surface area contributed by atoms with E-state index in [0.717, 1.165) is 18.7 Å². The monoisotopic (exact) mass is 746 g/mol. The molecule has 0 atom stereocenters. The van der Waals surface area contributed by atoms with Gasteiger partial charge in [0, 0.05) is 0 Å². The van der Waals surface area contributed by atoms with Crippen molar-refractivity contribution in [2.75, 3.05) is 0 Å². The van der Waals surface area contributed by atoms with E-state index in [-0.39, 0.29) is 0 Å². The summed E-state index contributed by atoms with van der Waals surface area (Å²) in [6, 6.07) is 82.3. The number of hydrogen-bond donors (Lipinski definition) is 0. The fourth-order valence-electron chi connectivity index (χ4n) is 8.08. The zero-order valence-electron chi connectivity index (χ0n) is 31.8. The third-order valence-corrected chi connectivity index (χ3v) is 19.8. The molecule has 0 unspecified atom stereocenters. The molecular formula is C53H48P2+2. The second-order valence-corrected chi connectivity index (χ2v) is 21.7. The summed E-state index contributed by atoms with van der Waals surface area (Å²) in [4.78, 5) is 0. The van der Waals surface area contributed by atoms with E-state index >= 15 is 0 Å². The van der Waals surface area contributed by atoms with E-state index in [1.807, 2.05) is 0 Å². The van der Waals surface area contributed by atoms with E-state index in [9.17, 15) is 0 Å². The van der Waals surface area contributed by atoms with Crippen molar-refractivity contribution in [3.63, 3.8) is 0 Å².